The number of aryl methyl sites for hydroxylation is 1. The normalized spacial score (nSPS) is 14.8. The minimum Gasteiger partial charge on any atom is -0.497 e. The monoisotopic (exact) mass is 370 g/mol. The summed E-state index contributed by atoms with van der Waals surface area (Å²) in [6, 6.07) is 7.54. The Labute approximate surface area is 159 Å². The number of benzene rings is 1. The van der Waals surface area contributed by atoms with Gasteiger partial charge in [0.15, 0.2) is 0 Å². The van der Waals surface area contributed by atoms with Gasteiger partial charge in [-0.2, -0.15) is 5.10 Å². The van der Waals surface area contributed by atoms with E-state index in [2.05, 4.69) is 10.4 Å². The third-order valence-electron chi connectivity index (χ3n) is 4.96. The third-order valence-corrected chi connectivity index (χ3v) is 4.96. The lowest BCUT2D eigenvalue weighted by Crippen LogP contribution is -2.42. The quantitative estimate of drug-likeness (QED) is 0.847. The van der Waals surface area contributed by atoms with Crippen LogP contribution in [0.3, 0.4) is 0 Å². The van der Waals surface area contributed by atoms with Gasteiger partial charge < -0.3 is 15.0 Å². The molecule has 1 saturated heterocycles. The molecule has 144 valence electrons. The predicted molar refractivity (Wildman–Crippen MR) is 103 cm³/mol. The van der Waals surface area contributed by atoms with Crippen LogP contribution in [-0.4, -0.2) is 46.7 Å². The summed E-state index contributed by atoms with van der Waals surface area (Å²) in [6.07, 6.45) is 5.22. The first kappa shape index (κ1) is 18.9. The molecule has 2 aromatic rings. The van der Waals surface area contributed by atoms with Gasteiger partial charge in [-0.3, -0.25) is 14.3 Å². The van der Waals surface area contributed by atoms with Crippen molar-refractivity contribution in [2.24, 2.45) is 5.92 Å². The highest BCUT2D eigenvalue weighted by Crippen LogP contribution is 2.20. The lowest BCUT2D eigenvalue weighted by molar-refractivity contribution is -0.133. The van der Waals surface area contributed by atoms with Gasteiger partial charge in [0.05, 0.1) is 25.4 Å². The second kappa shape index (κ2) is 8.70. The van der Waals surface area contributed by atoms with Crippen LogP contribution in [0.4, 0.5) is 5.69 Å². The maximum atomic E-state index is 12.5. The number of nitrogens with zero attached hydrogens (tertiary/aromatic N) is 3. The van der Waals surface area contributed by atoms with Crippen LogP contribution >= 0.6 is 0 Å². The van der Waals surface area contributed by atoms with Crippen LogP contribution in [0.25, 0.3) is 0 Å². The van der Waals surface area contributed by atoms with E-state index in [9.17, 15) is 9.59 Å². The first-order valence-electron chi connectivity index (χ1n) is 9.33. The minimum absolute atomic E-state index is 0.00732. The molecule has 0 aliphatic carbocycles. The molecule has 0 bridgehead atoms. The zero-order valence-corrected chi connectivity index (χ0v) is 15.9. The zero-order valence-electron chi connectivity index (χ0n) is 15.9. The molecule has 1 aromatic carbocycles. The number of aromatic nitrogens is 2. The summed E-state index contributed by atoms with van der Waals surface area (Å²) in [7, 11) is 1.62. The molecule has 1 aliphatic rings. The highest BCUT2D eigenvalue weighted by molar-refractivity contribution is 5.92. The summed E-state index contributed by atoms with van der Waals surface area (Å²) in [5.74, 6) is 0.818. The molecule has 1 fully saturated rings. The van der Waals surface area contributed by atoms with Crippen LogP contribution in [0.15, 0.2) is 36.7 Å². The Balaban J connectivity index is 1.47. The van der Waals surface area contributed by atoms with Crippen molar-refractivity contribution in [2.45, 2.75) is 32.7 Å². The molecular weight excluding hydrogens is 344 g/mol. The van der Waals surface area contributed by atoms with Gasteiger partial charge in [0.2, 0.25) is 11.8 Å². The number of piperidine rings is 1. The molecule has 0 atom stereocenters. The van der Waals surface area contributed by atoms with Gasteiger partial charge in [-0.05, 0) is 37.5 Å². The zero-order chi connectivity index (χ0) is 19.2. The van der Waals surface area contributed by atoms with Gasteiger partial charge >= 0.3 is 0 Å². The SMILES string of the molecule is CCn1cc(NC(=O)C2CCN(C(=O)Cc3ccc(OC)cc3)CC2)cn1. The van der Waals surface area contributed by atoms with Crippen LogP contribution < -0.4 is 10.1 Å². The number of hydrogen-bond acceptors (Lipinski definition) is 4. The molecule has 0 saturated carbocycles. The average molecular weight is 370 g/mol. The summed E-state index contributed by atoms with van der Waals surface area (Å²) in [5.41, 5.74) is 1.69. The van der Waals surface area contributed by atoms with Gasteiger partial charge in [-0.1, -0.05) is 12.1 Å². The number of methoxy groups -OCH3 is 1. The van der Waals surface area contributed by atoms with Crippen LogP contribution in [-0.2, 0) is 22.6 Å². The van der Waals surface area contributed by atoms with Gasteiger partial charge in [0.1, 0.15) is 5.75 Å². The van der Waals surface area contributed by atoms with Crippen LogP contribution in [0, 0.1) is 5.92 Å². The maximum absolute atomic E-state index is 12.5. The minimum atomic E-state index is -0.0694. The van der Waals surface area contributed by atoms with Crippen molar-refractivity contribution in [1.29, 1.82) is 0 Å². The van der Waals surface area contributed by atoms with Gasteiger partial charge in [-0.25, -0.2) is 0 Å². The fourth-order valence-corrected chi connectivity index (χ4v) is 3.27. The number of carbonyl (C=O) groups is 2. The number of hydrogen-bond donors (Lipinski definition) is 1. The molecule has 7 heteroatoms. The molecule has 1 aromatic heterocycles. The third kappa shape index (κ3) is 4.87. The van der Waals surface area contributed by atoms with Crippen LogP contribution in [0.5, 0.6) is 5.75 Å². The van der Waals surface area contributed by atoms with Crippen molar-refractivity contribution in [3.05, 3.63) is 42.2 Å². The van der Waals surface area contributed by atoms with E-state index in [0.29, 0.717) is 32.4 Å². The average Bonchev–Trinajstić information content (AvgIpc) is 3.16. The molecule has 3 rings (SSSR count). The van der Waals surface area contributed by atoms with Gasteiger partial charge in [0.25, 0.3) is 0 Å². The number of anilines is 1. The molecule has 0 spiro atoms. The topological polar surface area (TPSA) is 76.5 Å². The Bertz CT molecular complexity index is 777. The lowest BCUT2D eigenvalue weighted by Gasteiger charge is -2.31. The number of nitrogens with one attached hydrogen (secondary N) is 1. The van der Waals surface area contributed by atoms with Gasteiger partial charge in [0, 0.05) is 31.7 Å². The molecule has 0 radical (unpaired) electrons. The van der Waals surface area contributed by atoms with Crippen LogP contribution in [0.2, 0.25) is 0 Å². The van der Waals surface area contributed by atoms with Crippen molar-refractivity contribution in [2.75, 3.05) is 25.5 Å². The fourth-order valence-electron chi connectivity index (χ4n) is 3.27. The van der Waals surface area contributed by atoms with E-state index < -0.39 is 0 Å². The van der Waals surface area contributed by atoms with Crippen molar-refractivity contribution in [1.82, 2.24) is 14.7 Å². The first-order chi connectivity index (χ1) is 13.1. The smallest absolute Gasteiger partial charge is 0.227 e. The van der Waals surface area contributed by atoms with Gasteiger partial charge in [-0.15, -0.1) is 0 Å². The molecule has 1 aliphatic heterocycles. The number of carbonyl (C=O) groups excluding carboxylic acids is 2. The van der Waals surface area contributed by atoms with Crippen molar-refractivity contribution >= 4 is 17.5 Å². The Hall–Kier alpha value is -2.83. The van der Waals surface area contributed by atoms with Crippen molar-refractivity contribution < 1.29 is 14.3 Å². The predicted octanol–water partition coefficient (Wildman–Crippen LogP) is 2.33. The Morgan fingerprint density at radius 2 is 1.93 bits per heavy atom. The van der Waals surface area contributed by atoms with E-state index in [1.54, 1.807) is 18.0 Å². The largest absolute Gasteiger partial charge is 0.497 e. The number of amides is 2. The highest BCUT2D eigenvalue weighted by atomic mass is 16.5. The fraction of sp³-hybridized carbons (Fsp3) is 0.450. The summed E-state index contributed by atoms with van der Waals surface area (Å²) in [5, 5.41) is 7.08. The maximum Gasteiger partial charge on any atom is 0.227 e. The van der Waals surface area contributed by atoms with E-state index in [0.717, 1.165) is 23.5 Å². The second-order valence-corrected chi connectivity index (χ2v) is 6.75. The Morgan fingerprint density at radius 1 is 1.22 bits per heavy atom. The molecule has 0 unspecified atom stereocenters. The number of likely N-dealkylation sites (tertiary alicyclic amines) is 1. The second-order valence-electron chi connectivity index (χ2n) is 6.75. The molecule has 2 amide bonds. The summed E-state index contributed by atoms with van der Waals surface area (Å²) in [4.78, 5) is 26.8. The van der Waals surface area contributed by atoms with Crippen LogP contribution in [0.1, 0.15) is 25.3 Å². The molecular formula is C20H26N4O3. The molecule has 2 heterocycles. The number of ether oxygens (including phenoxy) is 1. The van der Waals surface area contributed by atoms with E-state index in [-0.39, 0.29) is 17.7 Å². The molecule has 1 N–H and O–H groups in total. The lowest BCUT2D eigenvalue weighted by atomic mass is 9.95. The number of rotatable bonds is 6. The Morgan fingerprint density at radius 3 is 2.52 bits per heavy atom. The Kier molecular flexibility index (Phi) is 6.11. The van der Waals surface area contributed by atoms with E-state index >= 15 is 0 Å². The highest BCUT2D eigenvalue weighted by Gasteiger charge is 2.27. The van der Waals surface area contributed by atoms with E-state index in [4.69, 9.17) is 4.74 Å². The van der Waals surface area contributed by atoms with E-state index in [1.165, 1.54) is 0 Å². The van der Waals surface area contributed by atoms with Crippen molar-refractivity contribution in [3.63, 3.8) is 0 Å². The first-order valence-corrected chi connectivity index (χ1v) is 9.33. The molecule has 27 heavy (non-hydrogen) atoms. The molecule has 7 nitrogen and oxygen atoms in total. The van der Waals surface area contributed by atoms with Crippen molar-refractivity contribution in [3.8, 4) is 5.75 Å². The summed E-state index contributed by atoms with van der Waals surface area (Å²) in [6.45, 7) is 3.99. The summed E-state index contributed by atoms with van der Waals surface area (Å²) >= 11 is 0. The summed E-state index contributed by atoms with van der Waals surface area (Å²) < 4.78 is 6.91. The van der Waals surface area contributed by atoms with E-state index in [1.807, 2.05) is 42.3 Å². The standard InChI is InChI=1S/C20H26N4O3/c1-3-24-14-17(13-21-24)22-20(26)16-8-10-23(11-9-16)19(25)12-15-4-6-18(27-2)7-5-15/h4-7,13-14,16H,3,8-12H2,1-2H3,(H,22,26).